The summed E-state index contributed by atoms with van der Waals surface area (Å²) in [4.78, 5) is 44.9. The van der Waals surface area contributed by atoms with Crippen molar-refractivity contribution in [2.75, 3.05) is 33.4 Å². The number of fused-ring (bicyclic) bond motifs is 1. The number of benzene rings is 5. The molecule has 12 nitrogen and oxygen atoms in total. The number of rotatable bonds is 17. The number of aliphatic hydroxyl groups excluding tert-OH is 1. The van der Waals surface area contributed by atoms with Crippen LogP contribution in [0.15, 0.2) is 144 Å². The maximum atomic E-state index is 13.9. The number of pyridine rings is 1. The zero-order valence-corrected chi connectivity index (χ0v) is 36.9. The van der Waals surface area contributed by atoms with E-state index in [1.165, 1.54) is 36.1 Å². The number of aromatic hydroxyl groups is 1. The van der Waals surface area contributed by atoms with Gasteiger partial charge in [0.1, 0.15) is 11.5 Å². The molecule has 1 amide bonds. The second kappa shape index (κ2) is 20.5. The number of hydrogen-bond donors (Lipinski definition) is 6. The topological polar surface area (TPSA) is 173 Å². The van der Waals surface area contributed by atoms with Crippen LogP contribution in [-0.2, 0) is 34.8 Å². The molecule has 0 unspecified atom stereocenters. The van der Waals surface area contributed by atoms with Gasteiger partial charge in [-0.2, -0.15) is 0 Å². The molecule has 65 heavy (non-hydrogen) atoms. The van der Waals surface area contributed by atoms with Crippen LogP contribution in [0, 0.1) is 5.92 Å². The van der Waals surface area contributed by atoms with E-state index in [1.54, 1.807) is 66.7 Å². The molecule has 1 fully saturated rings. The van der Waals surface area contributed by atoms with Crippen LogP contribution in [0.2, 0.25) is 0 Å². The van der Waals surface area contributed by atoms with Crippen molar-refractivity contribution in [2.24, 2.45) is 5.92 Å². The summed E-state index contributed by atoms with van der Waals surface area (Å²) in [5.74, 6) is -0.316. The Labute approximate surface area is 381 Å². The molecule has 0 saturated carbocycles. The number of amides is 1. The molecule has 13 heteroatoms. The lowest BCUT2D eigenvalue weighted by atomic mass is 9.85. The molecule has 2 aromatic heterocycles. The molecule has 1 aliphatic heterocycles. The fourth-order valence-corrected chi connectivity index (χ4v) is 9.20. The number of aromatic nitrogens is 1. The van der Waals surface area contributed by atoms with Gasteiger partial charge in [0.25, 0.3) is 5.91 Å². The Morgan fingerprint density at radius 1 is 0.862 bits per heavy atom. The number of aromatic amines is 1. The van der Waals surface area contributed by atoms with Gasteiger partial charge in [-0.05, 0) is 101 Å². The summed E-state index contributed by atoms with van der Waals surface area (Å²) in [6.45, 7) is 3.82. The molecular formula is C52H52N4O8S. The summed E-state index contributed by atoms with van der Waals surface area (Å²) < 4.78 is 11.5. The van der Waals surface area contributed by atoms with Crippen LogP contribution in [0.5, 0.6) is 11.5 Å². The van der Waals surface area contributed by atoms with E-state index < -0.39 is 17.7 Å². The Kier molecular flexibility index (Phi) is 14.2. The standard InChI is InChI=1S/C52H52N4O8S/c1-63-47-27-37(12-13-38(47)28-53-30-46(58)43-18-20-45(57)49-44(43)19-21-48(59)55-49)50(60)54-29-42-26-39(33-65-42)36-14-16-41(17-15-36)52(62,40-10-6-3-7-11-40)51(61)64-32-35-22-24-56(25-23-35)31-34-8-4-2-5-9-34/h2-21,26-27,33,35,46,53,57-58,62H,22-25,28-32H2,1H3,(H,54,60)(H,55,59)/t46-,52-/m0/s1. The average Bonchev–Trinajstić information content (AvgIpc) is 3.83. The van der Waals surface area contributed by atoms with E-state index in [2.05, 4.69) is 44.8 Å². The van der Waals surface area contributed by atoms with E-state index in [9.17, 15) is 29.7 Å². The average molecular weight is 893 g/mol. The van der Waals surface area contributed by atoms with Gasteiger partial charge in [0.15, 0.2) is 0 Å². The number of methoxy groups -OCH3 is 1. The van der Waals surface area contributed by atoms with Gasteiger partial charge in [0, 0.05) is 47.1 Å². The monoisotopic (exact) mass is 892 g/mol. The quantitative estimate of drug-likeness (QED) is 0.0506. The minimum Gasteiger partial charge on any atom is -0.506 e. The summed E-state index contributed by atoms with van der Waals surface area (Å²) >= 11 is 1.51. The van der Waals surface area contributed by atoms with Crippen LogP contribution in [-0.4, -0.2) is 70.4 Å². The van der Waals surface area contributed by atoms with Crippen molar-refractivity contribution >= 4 is 34.1 Å². The molecule has 8 rings (SSSR count). The summed E-state index contributed by atoms with van der Waals surface area (Å²) in [6, 6.07) is 39.8. The van der Waals surface area contributed by atoms with Gasteiger partial charge in [-0.25, -0.2) is 4.79 Å². The molecule has 0 bridgehead atoms. The first-order chi connectivity index (χ1) is 31.6. The minimum atomic E-state index is -1.99. The van der Waals surface area contributed by atoms with Gasteiger partial charge in [0.2, 0.25) is 11.2 Å². The SMILES string of the molecule is COc1cc(C(=O)NCc2cc(-c3ccc([C@](O)(C(=O)OCC4CCN(Cc5ccccc5)CC4)c4ccccc4)cc3)cs2)ccc1CNC[C@H](O)c1ccc(O)c2[nH]c(=O)ccc12. The van der Waals surface area contributed by atoms with Crippen molar-refractivity contribution in [3.05, 3.63) is 187 Å². The number of carbonyl (C=O) groups is 2. The van der Waals surface area contributed by atoms with Gasteiger partial charge in [-0.3, -0.25) is 14.5 Å². The summed E-state index contributed by atoms with van der Waals surface area (Å²) in [6.07, 6.45) is 0.895. The maximum absolute atomic E-state index is 13.9. The number of nitrogens with one attached hydrogen (secondary N) is 3. The van der Waals surface area contributed by atoms with E-state index in [0.29, 0.717) is 46.5 Å². The van der Waals surface area contributed by atoms with Crippen LogP contribution < -0.4 is 20.9 Å². The van der Waals surface area contributed by atoms with Crippen LogP contribution in [0.1, 0.15) is 62.0 Å². The Morgan fingerprint density at radius 2 is 1.58 bits per heavy atom. The highest BCUT2D eigenvalue weighted by atomic mass is 32.1. The molecule has 3 heterocycles. The van der Waals surface area contributed by atoms with Gasteiger partial charge >= 0.3 is 5.97 Å². The minimum absolute atomic E-state index is 0.0778. The molecule has 0 spiro atoms. The summed E-state index contributed by atoms with van der Waals surface area (Å²) in [5, 5.41) is 42.1. The predicted molar refractivity (Wildman–Crippen MR) is 252 cm³/mol. The van der Waals surface area contributed by atoms with Crippen LogP contribution in [0.25, 0.3) is 22.0 Å². The lowest BCUT2D eigenvalue weighted by Gasteiger charge is -2.33. The Bertz CT molecular complexity index is 2790. The number of phenolic OH excluding ortho intramolecular Hbond substituents is 1. The molecule has 0 aliphatic carbocycles. The molecular weight excluding hydrogens is 841 g/mol. The van der Waals surface area contributed by atoms with E-state index in [-0.39, 0.29) is 41.8 Å². The Hall–Kier alpha value is -6.61. The van der Waals surface area contributed by atoms with Crippen molar-refractivity contribution in [2.45, 2.75) is 44.2 Å². The molecule has 6 N–H and O–H groups in total. The number of piperidine rings is 1. The third-order valence-corrected chi connectivity index (χ3v) is 13.0. The first kappa shape index (κ1) is 45.0. The van der Waals surface area contributed by atoms with Crippen molar-refractivity contribution in [3.8, 4) is 22.6 Å². The smallest absolute Gasteiger partial charge is 0.347 e. The summed E-state index contributed by atoms with van der Waals surface area (Å²) in [5.41, 5.74) is 3.65. The predicted octanol–water partition coefficient (Wildman–Crippen LogP) is 7.42. The third kappa shape index (κ3) is 10.5. The number of likely N-dealkylation sites (tertiary alicyclic amines) is 1. The molecule has 334 valence electrons. The zero-order chi connectivity index (χ0) is 45.3. The van der Waals surface area contributed by atoms with E-state index in [1.807, 2.05) is 35.7 Å². The zero-order valence-electron chi connectivity index (χ0n) is 36.0. The molecule has 1 saturated heterocycles. The van der Waals surface area contributed by atoms with E-state index in [0.717, 1.165) is 54.0 Å². The molecule has 5 aromatic carbocycles. The number of H-pyrrole nitrogens is 1. The number of ether oxygens (including phenoxy) is 2. The van der Waals surface area contributed by atoms with Gasteiger partial charge < -0.3 is 40.4 Å². The number of carbonyl (C=O) groups excluding carboxylic acids is 2. The molecule has 7 aromatic rings. The highest BCUT2D eigenvalue weighted by Gasteiger charge is 2.42. The van der Waals surface area contributed by atoms with E-state index >= 15 is 0 Å². The van der Waals surface area contributed by atoms with Crippen LogP contribution >= 0.6 is 11.3 Å². The fraction of sp³-hybridized carbons (Fsp3) is 0.250. The Morgan fingerprint density at radius 3 is 2.32 bits per heavy atom. The Balaban J connectivity index is 0.849. The van der Waals surface area contributed by atoms with Crippen LogP contribution in [0.3, 0.4) is 0 Å². The highest BCUT2D eigenvalue weighted by molar-refractivity contribution is 7.10. The van der Waals surface area contributed by atoms with E-state index in [4.69, 9.17) is 9.47 Å². The van der Waals surface area contributed by atoms with Crippen LogP contribution in [0.4, 0.5) is 0 Å². The lowest BCUT2D eigenvalue weighted by Crippen LogP contribution is -2.40. The second-order valence-corrected chi connectivity index (χ2v) is 17.4. The van der Waals surface area contributed by atoms with Gasteiger partial charge in [-0.15, -0.1) is 11.3 Å². The molecule has 1 aliphatic rings. The number of aliphatic hydroxyl groups is 2. The first-order valence-electron chi connectivity index (χ1n) is 21.7. The van der Waals surface area contributed by atoms with Crippen molar-refractivity contribution in [3.63, 3.8) is 0 Å². The first-order valence-corrected chi connectivity index (χ1v) is 22.6. The second-order valence-electron chi connectivity index (χ2n) is 16.4. The van der Waals surface area contributed by atoms with Crippen molar-refractivity contribution in [1.82, 2.24) is 20.5 Å². The number of hydrogen-bond acceptors (Lipinski definition) is 11. The molecule has 0 radical (unpaired) electrons. The third-order valence-electron chi connectivity index (χ3n) is 12.1. The number of esters is 1. The largest absolute Gasteiger partial charge is 0.506 e. The molecule has 2 atom stereocenters. The number of nitrogens with zero attached hydrogens (tertiary/aromatic N) is 1. The van der Waals surface area contributed by atoms with Gasteiger partial charge in [0.05, 0.1) is 31.9 Å². The lowest BCUT2D eigenvalue weighted by molar-refractivity contribution is -0.164. The summed E-state index contributed by atoms with van der Waals surface area (Å²) in [7, 11) is 1.53. The fourth-order valence-electron chi connectivity index (χ4n) is 8.37. The van der Waals surface area contributed by atoms with Crippen molar-refractivity contribution < 1.29 is 34.4 Å². The number of thiophene rings is 1. The van der Waals surface area contributed by atoms with Gasteiger partial charge in [-0.1, -0.05) is 97.1 Å². The maximum Gasteiger partial charge on any atom is 0.347 e. The normalized spacial score (nSPS) is 14.7. The highest BCUT2D eigenvalue weighted by Crippen LogP contribution is 2.35. The number of phenols is 1. The van der Waals surface area contributed by atoms with Crippen molar-refractivity contribution in [1.29, 1.82) is 0 Å².